The fourth-order valence-electron chi connectivity index (χ4n) is 2.13. The van der Waals surface area contributed by atoms with Gasteiger partial charge in [-0.1, -0.05) is 23.2 Å². The van der Waals surface area contributed by atoms with E-state index in [1.54, 1.807) is 4.90 Å². The number of halogens is 2. The standard InChI is InChI=1S/C13H18Cl2N4O2/c1-13(2,3)21-12(20)19-5-4-16-6-8(19)9-10(14)17-7-18-11(9)15/h7-8,16H,4-6H2,1-3H3. The molecule has 1 amide bonds. The summed E-state index contributed by atoms with van der Waals surface area (Å²) in [6, 6.07) is -0.352. The summed E-state index contributed by atoms with van der Waals surface area (Å²) in [5, 5.41) is 3.71. The van der Waals surface area contributed by atoms with Crippen molar-refractivity contribution in [2.24, 2.45) is 0 Å². The molecule has 1 aromatic heterocycles. The van der Waals surface area contributed by atoms with Gasteiger partial charge in [-0.15, -0.1) is 0 Å². The van der Waals surface area contributed by atoms with Crippen LogP contribution >= 0.6 is 23.2 Å². The van der Waals surface area contributed by atoms with E-state index in [9.17, 15) is 4.79 Å². The van der Waals surface area contributed by atoms with Gasteiger partial charge in [0.05, 0.1) is 11.6 Å². The van der Waals surface area contributed by atoms with Crippen LogP contribution in [0.3, 0.4) is 0 Å². The van der Waals surface area contributed by atoms with Crippen LogP contribution in [-0.4, -0.2) is 46.2 Å². The van der Waals surface area contributed by atoms with Crippen LogP contribution in [0.4, 0.5) is 4.79 Å². The predicted octanol–water partition coefficient (Wildman–Crippen LogP) is 2.66. The molecule has 1 atom stereocenters. The molecule has 0 spiro atoms. The van der Waals surface area contributed by atoms with Crippen molar-refractivity contribution in [3.8, 4) is 0 Å². The Kier molecular flexibility index (Phi) is 4.91. The quantitative estimate of drug-likeness (QED) is 0.801. The largest absolute Gasteiger partial charge is 0.444 e. The number of carbonyl (C=O) groups excluding carboxylic acids is 1. The molecule has 1 saturated heterocycles. The van der Waals surface area contributed by atoms with Crippen LogP contribution in [0.2, 0.25) is 10.3 Å². The molecule has 0 aliphatic carbocycles. The molecule has 6 nitrogen and oxygen atoms in total. The molecule has 1 aliphatic rings. The molecule has 1 fully saturated rings. The van der Waals surface area contributed by atoms with Crippen molar-refractivity contribution in [3.63, 3.8) is 0 Å². The smallest absolute Gasteiger partial charge is 0.410 e. The molecule has 8 heteroatoms. The fourth-order valence-corrected chi connectivity index (χ4v) is 2.70. The lowest BCUT2D eigenvalue weighted by Crippen LogP contribution is -2.50. The van der Waals surface area contributed by atoms with Gasteiger partial charge in [-0.3, -0.25) is 4.90 Å². The van der Waals surface area contributed by atoms with E-state index in [0.29, 0.717) is 25.2 Å². The minimum atomic E-state index is -0.562. The number of amides is 1. The molecule has 1 aromatic rings. The molecular formula is C13H18Cl2N4O2. The summed E-state index contributed by atoms with van der Waals surface area (Å²) in [4.78, 5) is 21.9. The van der Waals surface area contributed by atoms with Crippen LogP contribution in [-0.2, 0) is 4.74 Å². The number of ether oxygens (including phenoxy) is 1. The molecule has 2 heterocycles. The Morgan fingerprint density at radius 3 is 2.57 bits per heavy atom. The lowest BCUT2D eigenvalue weighted by Gasteiger charge is -2.37. The molecule has 1 aliphatic heterocycles. The third-order valence-electron chi connectivity index (χ3n) is 2.99. The van der Waals surface area contributed by atoms with Crippen molar-refractivity contribution in [2.45, 2.75) is 32.4 Å². The normalized spacial score (nSPS) is 19.5. The van der Waals surface area contributed by atoms with Crippen LogP contribution in [0.1, 0.15) is 32.4 Å². The summed E-state index contributed by atoms with van der Waals surface area (Å²) >= 11 is 12.2. The van der Waals surface area contributed by atoms with Gasteiger partial charge in [0.2, 0.25) is 0 Å². The summed E-state index contributed by atoms with van der Waals surface area (Å²) < 4.78 is 5.44. The van der Waals surface area contributed by atoms with Crippen molar-refractivity contribution in [2.75, 3.05) is 19.6 Å². The topological polar surface area (TPSA) is 67.3 Å². The maximum absolute atomic E-state index is 12.4. The highest BCUT2D eigenvalue weighted by Gasteiger charge is 2.34. The van der Waals surface area contributed by atoms with E-state index in [2.05, 4.69) is 15.3 Å². The first-order valence-corrected chi connectivity index (χ1v) is 7.41. The molecule has 1 N–H and O–H groups in total. The Morgan fingerprint density at radius 2 is 2.00 bits per heavy atom. The molecular weight excluding hydrogens is 315 g/mol. The number of hydrogen-bond acceptors (Lipinski definition) is 5. The van der Waals surface area contributed by atoms with Crippen molar-refractivity contribution < 1.29 is 9.53 Å². The molecule has 0 saturated carbocycles. The van der Waals surface area contributed by atoms with E-state index in [-0.39, 0.29) is 16.3 Å². The first-order chi connectivity index (χ1) is 9.79. The number of nitrogens with one attached hydrogen (secondary N) is 1. The number of nitrogens with zero attached hydrogens (tertiary/aromatic N) is 3. The first kappa shape index (κ1) is 16.3. The summed E-state index contributed by atoms with van der Waals surface area (Å²) in [7, 11) is 0. The average Bonchev–Trinajstić information content (AvgIpc) is 2.37. The van der Waals surface area contributed by atoms with E-state index in [1.165, 1.54) is 6.33 Å². The molecule has 0 aromatic carbocycles. The number of aromatic nitrogens is 2. The van der Waals surface area contributed by atoms with E-state index < -0.39 is 11.7 Å². The zero-order valence-electron chi connectivity index (χ0n) is 12.2. The molecule has 21 heavy (non-hydrogen) atoms. The highest BCUT2D eigenvalue weighted by Crippen LogP contribution is 2.32. The predicted molar refractivity (Wildman–Crippen MR) is 80.6 cm³/mol. The van der Waals surface area contributed by atoms with Gasteiger partial charge in [-0.05, 0) is 20.8 Å². The van der Waals surface area contributed by atoms with E-state index in [1.807, 2.05) is 20.8 Å². The number of piperazine rings is 1. The average molecular weight is 333 g/mol. The lowest BCUT2D eigenvalue weighted by atomic mass is 10.1. The van der Waals surface area contributed by atoms with Crippen LogP contribution in [0.15, 0.2) is 6.33 Å². The van der Waals surface area contributed by atoms with Gasteiger partial charge in [0.1, 0.15) is 22.2 Å². The van der Waals surface area contributed by atoms with Crippen LogP contribution in [0.5, 0.6) is 0 Å². The number of rotatable bonds is 1. The van der Waals surface area contributed by atoms with E-state index in [0.717, 1.165) is 0 Å². The first-order valence-electron chi connectivity index (χ1n) is 6.66. The molecule has 2 rings (SSSR count). The van der Waals surface area contributed by atoms with Gasteiger partial charge in [-0.25, -0.2) is 14.8 Å². The second kappa shape index (κ2) is 6.34. The van der Waals surface area contributed by atoms with E-state index >= 15 is 0 Å². The van der Waals surface area contributed by atoms with Crippen molar-refractivity contribution in [1.29, 1.82) is 0 Å². The molecule has 116 valence electrons. The molecule has 1 unspecified atom stereocenters. The third kappa shape index (κ3) is 3.96. The molecule has 0 bridgehead atoms. The SMILES string of the molecule is CC(C)(C)OC(=O)N1CCNCC1c1c(Cl)ncnc1Cl. The van der Waals surface area contributed by atoms with Crippen molar-refractivity contribution in [3.05, 3.63) is 22.2 Å². The van der Waals surface area contributed by atoms with Crippen molar-refractivity contribution >= 4 is 29.3 Å². The Bertz CT molecular complexity index is 513. The Balaban J connectivity index is 2.29. The third-order valence-corrected chi connectivity index (χ3v) is 3.59. The van der Waals surface area contributed by atoms with Gasteiger partial charge in [0.15, 0.2) is 0 Å². The summed E-state index contributed by atoms with van der Waals surface area (Å²) in [6.07, 6.45) is 0.896. The van der Waals surface area contributed by atoms with Gasteiger partial charge >= 0.3 is 6.09 Å². The van der Waals surface area contributed by atoms with Gasteiger partial charge in [0.25, 0.3) is 0 Å². The van der Waals surface area contributed by atoms with Gasteiger partial charge < -0.3 is 10.1 Å². The van der Waals surface area contributed by atoms with Crippen LogP contribution in [0, 0.1) is 0 Å². The minimum Gasteiger partial charge on any atom is -0.444 e. The maximum atomic E-state index is 12.4. The monoisotopic (exact) mass is 332 g/mol. The highest BCUT2D eigenvalue weighted by atomic mass is 35.5. The van der Waals surface area contributed by atoms with Crippen molar-refractivity contribution in [1.82, 2.24) is 20.2 Å². The van der Waals surface area contributed by atoms with Gasteiger partial charge in [0, 0.05) is 19.6 Å². The number of carbonyl (C=O) groups is 1. The fraction of sp³-hybridized carbons (Fsp3) is 0.615. The Labute approximate surface area is 133 Å². The summed E-state index contributed by atoms with van der Waals surface area (Å²) in [5.74, 6) is 0. The van der Waals surface area contributed by atoms with Gasteiger partial charge in [-0.2, -0.15) is 0 Å². The van der Waals surface area contributed by atoms with Crippen LogP contribution < -0.4 is 5.32 Å². The number of hydrogen-bond donors (Lipinski definition) is 1. The molecule has 0 radical (unpaired) electrons. The zero-order valence-corrected chi connectivity index (χ0v) is 13.7. The lowest BCUT2D eigenvalue weighted by molar-refractivity contribution is 0.0117. The Morgan fingerprint density at radius 1 is 1.38 bits per heavy atom. The Hall–Kier alpha value is -1.11. The maximum Gasteiger partial charge on any atom is 0.410 e. The summed E-state index contributed by atoms with van der Waals surface area (Å²) in [5.41, 5.74) is -0.0216. The second-order valence-corrected chi connectivity index (χ2v) is 6.48. The highest BCUT2D eigenvalue weighted by molar-refractivity contribution is 6.34. The zero-order chi connectivity index (χ0) is 15.6. The van der Waals surface area contributed by atoms with E-state index in [4.69, 9.17) is 27.9 Å². The second-order valence-electron chi connectivity index (χ2n) is 5.76. The van der Waals surface area contributed by atoms with Crippen LogP contribution in [0.25, 0.3) is 0 Å². The summed E-state index contributed by atoms with van der Waals surface area (Å²) in [6.45, 7) is 7.18. The minimum absolute atomic E-state index is 0.247.